The summed E-state index contributed by atoms with van der Waals surface area (Å²) in [6.45, 7) is 26.8. The van der Waals surface area contributed by atoms with Crippen LogP contribution in [0.5, 0.6) is 0 Å². The molecule has 0 saturated carbocycles. The highest BCUT2D eigenvalue weighted by Gasteiger charge is 2.23. The molecule has 12 aromatic heterocycles. The van der Waals surface area contributed by atoms with Gasteiger partial charge in [-0.1, -0.05) is 190 Å². The van der Waals surface area contributed by atoms with Crippen LogP contribution in [0.25, 0.3) is 199 Å². The molecule has 0 unspecified atom stereocenters. The first-order chi connectivity index (χ1) is 59.5. The minimum Gasteiger partial charge on any atom is -0.324 e. The fourth-order valence-corrected chi connectivity index (χ4v) is 17.4. The molecule has 122 heavy (non-hydrogen) atoms. The normalized spacial score (nSPS) is 11.9. The van der Waals surface area contributed by atoms with E-state index in [1.54, 1.807) is 0 Å². The third-order valence-corrected chi connectivity index (χ3v) is 22.8. The van der Waals surface area contributed by atoms with E-state index in [0.717, 1.165) is 175 Å². The third-order valence-electron chi connectivity index (χ3n) is 22.5. The Morgan fingerprint density at radius 1 is 0.254 bits per heavy atom. The zero-order valence-electron chi connectivity index (χ0n) is 70.1. The van der Waals surface area contributed by atoms with Crippen LogP contribution in [0, 0.1) is 12.8 Å². The first-order valence-electron chi connectivity index (χ1n) is 42.2. The van der Waals surface area contributed by atoms with Gasteiger partial charge in [0.25, 0.3) is 0 Å². The molecule has 0 bridgehead atoms. The van der Waals surface area contributed by atoms with Gasteiger partial charge in [-0.2, -0.15) is 0 Å². The van der Waals surface area contributed by atoms with Gasteiger partial charge in [-0.15, -0.1) is 0 Å². The van der Waals surface area contributed by atoms with Crippen molar-refractivity contribution in [2.45, 2.75) is 120 Å². The number of halogens is 1. The summed E-state index contributed by atoms with van der Waals surface area (Å²) in [5.74, 6) is 0.567. The highest BCUT2D eigenvalue weighted by atomic mass is 35.5. The summed E-state index contributed by atoms with van der Waals surface area (Å²) < 4.78 is 13.6. The van der Waals surface area contributed by atoms with E-state index in [2.05, 4.69) is 219 Å². The van der Waals surface area contributed by atoms with Gasteiger partial charge in [0.2, 0.25) is 0 Å². The van der Waals surface area contributed by atoms with E-state index >= 15 is 0 Å². The minimum atomic E-state index is 0.307. The van der Waals surface area contributed by atoms with Crippen molar-refractivity contribution in [3.8, 4) is 0 Å². The van der Waals surface area contributed by atoms with Crippen molar-refractivity contribution in [2.24, 2.45) is 5.92 Å². The maximum atomic E-state index is 6.17. The Morgan fingerprint density at radius 2 is 0.508 bits per heavy atom. The maximum absolute atomic E-state index is 6.17. The standard InChI is InChI=1S/2C18H17N3.C17H14ClN3.2C17H15N3.C16H13N3/c1-11(2)21-16-9-8-12(3)10-13(16)17-18(21)20-15-7-5-4-6-14(15)19-17;1-12(2)11-21-16-10-6-3-7-13(16)17-18(21)20-15-9-5-4-8-14(15)19-17;1-10(2)21-15-8-7-11(18)9-12(15)16-17(21)20-14-6-4-3-5-13(14)19-16;1-11(2)20-15-10-6-3-7-12(15)16-17(20)19-14-9-5-4-8-13(14)18-16;1-2-11-20-15-10-6-3-7-12(15)16-17(20)19-14-9-5-4-8-13(14)18-16;1-2-19-14-10-6-3-7-11(14)15-16(19)18-13-9-5-4-8-12(13)17-15/h4-11H,1-3H3;3-10,12H,11H2,1-2H3;3-10H,1-2H3;3-11H,1-2H3;3-10H,2,11H2,1H3;3-10H,2H2,1H3. The Balaban J connectivity index is 0.0000000964. The lowest BCUT2D eigenvalue weighted by Crippen LogP contribution is -2.05. The van der Waals surface area contributed by atoms with Gasteiger partial charge in [0.15, 0.2) is 33.9 Å². The number of nitrogens with zero attached hydrogens (tertiary/aromatic N) is 18. The summed E-state index contributed by atoms with van der Waals surface area (Å²) in [5.41, 5.74) is 31.5. The van der Waals surface area contributed by atoms with E-state index in [1.807, 2.05) is 164 Å². The molecule has 0 spiro atoms. The van der Waals surface area contributed by atoms with Gasteiger partial charge in [-0.05, 0) is 195 Å². The number of aryl methyl sites for hydroxylation is 3. The van der Waals surface area contributed by atoms with E-state index in [-0.39, 0.29) is 0 Å². The van der Waals surface area contributed by atoms with Crippen molar-refractivity contribution in [1.82, 2.24) is 87.2 Å². The summed E-state index contributed by atoms with van der Waals surface area (Å²) in [7, 11) is 0. The molecule has 0 aliphatic heterocycles. The molecular weight excluding hydrogens is 1520 g/mol. The predicted octanol–water partition coefficient (Wildman–Crippen LogP) is 26.2. The second-order valence-electron chi connectivity index (χ2n) is 32.3. The molecule has 24 aromatic rings. The van der Waals surface area contributed by atoms with Gasteiger partial charge in [-0.3, -0.25) is 0 Å². The minimum absolute atomic E-state index is 0.307. The summed E-state index contributed by atoms with van der Waals surface area (Å²) in [6, 6.07) is 95.4. The van der Waals surface area contributed by atoms with Crippen LogP contribution in [-0.2, 0) is 19.6 Å². The average Bonchev–Trinajstić information content (AvgIpc) is 1.63. The molecule has 0 atom stereocenters. The zero-order valence-corrected chi connectivity index (χ0v) is 70.9. The van der Waals surface area contributed by atoms with Crippen LogP contribution >= 0.6 is 11.6 Å². The molecule has 0 aliphatic carbocycles. The summed E-state index contributed by atoms with van der Waals surface area (Å²) in [5, 5.41) is 7.70. The van der Waals surface area contributed by atoms with Crippen LogP contribution in [0.4, 0.5) is 0 Å². The van der Waals surface area contributed by atoms with Crippen molar-refractivity contribution in [3.05, 3.63) is 290 Å². The van der Waals surface area contributed by atoms with E-state index in [1.165, 1.54) is 60.1 Å². The van der Waals surface area contributed by atoms with Crippen molar-refractivity contribution >= 4 is 210 Å². The second kappa shape index (κ2) is 32.5. The Hall–Kier alpha value is -14.2. The van der Waals surface area contributed by atoms with Crippen molar-refractivity contribution < 1.29 is 0 Å². The molecule has 0 N–H and O–H groups in total. The Kier molecular flexibility index (Phi) is 20.7. The van der Waals surface area contributed by atoms with Crippen LogP contribution in [0.2, 0.25) is 5.02 Å². The summed E-state index contributed by atoms with van der Waals surface area (Å²) in [4.78, 5) is 58.0. The molecule has 12 heterocycles. The van der Waals surface area contributed by atoms with Crippen molar-refractivity contribution in [3.63, 3.8) is 0 Å². The van der Waals surface area contributed by atoms with E-state index in [4.69, 9.17) is 71.4 Å². The van der Waals surface area contributed by atoms with Crippen LogP contribution in [0.1, 0.15) is 99.3 Å². The summed E-state index contributed by atoms with van der Waals surface area (Å²) in [6.07, 6.45) is 1.09. The largest absolute Gasteiger partial charge is 0.324 e. The molecule has 0 fully saturated rings. The topological polar surface area (TPSA) is 184 Å². The van der Waals surface area contributed by atoms with E-state index < -0.39 is 0 Å². The fraction of sp³-hybridized carbons (Fsp3) is 0.184. The zero-order chi connectivity index (χ0) is 83.6. The molecule has 0 amide bonds. The number of benzene rings is 12. The van der Waals surface area contributed by atoms with Crippen LogP contribution in [-0.4, -0.2) is 87.2 Å². The highest BCUT2D eigenvalue weighted by molar-refractivity contribution is 6.32. The first-order valence-corrected chi connectivity index (χ1v) is 42.5. The lowest BCUT2D eigenvalue weighted by Gasteiger charge is -2.10. The lowest BCUT2D eigenvalue weighted by atomic mass is 10.1. The highest BCUT2D eigenvalue weighted by Crippen LogP contribution is 2.38. The van der Waals surface area contributed by atoms with Gasteiger partial charge < -0.3 is 27.4 Å². The molecule has 18 nitrogen and oxygen atoms in total. The molecule has 12 aromatic carbocycles. The van der Waals surface area contributed by atoms with Crippen molar-refractivity contribution in [2.75, 3.05) is 0 Å². The quantitative estimate of drug-likeness (QED) is 0.140. The van der Waals surface area contributed by atoms with Gasteiger partial charge in [0.05, 0.1) is 99.3 Å². The number of fused-ring (bicyclic) bond motifs is 24. The number of rotatable bonds is 8. The molecule has 0 radical (unpaired) electrons. The molecule has 19 heteroatoms. The monoisotopic (exact) mass is 1610 g/mol. The van der Waals surface area contributed by atoms with Gasteiger partial charge in [0, 0.05) is 75.1 Å². The van der Waals surface area contributed by atoms with E-state index in [0.29, 0.717) is 24.0 Å². The molecule has 24 rings (SSSR count). The molecular formula is C103H91ClN18. The van der Waals surface area contributed by atoms with Gasteiger partial charge in [0.1, 0.15) is 33.1 Å². The van der Waals surface area contributed by atoms with Gasteiger partial charge in [-0.25, -0.2) is 59.8 Å². The van der Waals surface area contributed by atoms with E-state index in [9.17, 15) is 0 Å². The molecule has 0 aliphatic rings. The Labute approximate surface area is 708 Å². The number of hydrogen-bond donors (Lipinski definition) is 0. The number of hydrogen-bond acceptors (Lipinski definition) is 12. The third kappa shape index (κ3) is 14.1. The Bertz CT molecular complexity index is 7980. The maximum Gasteiger partial charge on any atom is 0.160 e. The van der Waals surface area contributed by atoms with Crippen LogP contribution in [0.15, 0.2) is 279 Å². The predicted molar refractivity (Wildman–Crippen MR) is 507 cm³/mol. The fourth-order valence-electron chi connectivity index (χ4n) is 17.2. The average molecular weight is 1620 g/mol. The summed E-state index contributed by atoms with van der Waals surface area (Å²) >= 11 is 6.17. The van der Waals surface area contributed by atoms with Crippen LogP contribution in [0.3, 0.4) is 0 Å². The lowest BCUT2D eigenvalue weighted by molar-refractivity contribution is 0.543. The smallest absolute Gasteiger partial charge is 0.160 e. The molecule has 600 valence electrons. The van der Waals surface area contributed by atoms with Gasteiger partial charge >= 0.3 is 0 Å². The molecule has 0 saturated heterocycles. The Morgan fingerprint density at radius 3 is 0.852 bits per heavy atom. The number of para-hydroxylation sites is 16. The first kappa shape index (κ1) is 77.7. The van der Waals surface area contributed by atoms with Crippen LogP contribution < -0.4 is 0 Å². The SMILES string of the molecule is CC(C)Cn1c2ccccc2c2nc3ccccc3nc21.CC(C)n1c2ccc(Cl)cc2c2nc3ccccc3nc21.CC(C)n1c2ccccc2c2nc3ccccc3nc21.CCCn1c2ccccc2c2nc3ccccc3nc21.CCn1c2ccccc2c2nc3ccccc3nc21.Cc1ccc2c(c1)c1nc3ccccc3nc1n2C(C)C. The second-order valence-corrected chi connectivity index (χ2v) is 32.8. The number of aromatic nitrogens is 18. The van der Waals surface area contributed by atoms with Crippen molar-refractivity contribution in [1.29, 1.82) is 0 Å².